The van der Waals surface area contributed by atoms with Crippen molar-refractivity contribution in [3.63, 3.8) is 0 Å². The Labute approximate surface area is 124 Å². The standard InChI is InChI=1S/C14H23N5S/c1-4-6-11-14(20-18-17-11)12(15-7-5-2)10-13-16-8-9-19(13)3/h8-9,12,15H,4-7,10H2,1-3H3. The smallest absolute Gasteiger partial charge is 0.110 e. The van der Waals surface area contributed by atoms with E-state index in [-0.39, 0.29) is 6.04 Å². The van der Waals surface area contributed by atoms with Crippen LogP contribution in [0.1, 0.15) is 49.1 Å². The van der Waals surface area contributed by atoms with E-state index in [4.69, 9.17) is 0 Å². The van der Waals surface area contributed by atoms with Crippen molar-refractivity contribution in [2.24, 2.45) is 7.05 Å². The van der Waals surface area contributed by atoms with Gasteiger partial charge in [-0.25, -0.2) is 4.98 Å². The molecule has 2 rings (SSSR count). The first-order chi connectivity index (χ1) is 9.76. The Hall–Kier alpha value is -1.27. The Bertz CT molecular complexity index is 519. The maximum Gasteiger partial charge on any atom is 0.110 e. The molecule has 0 fully saturated rings. The summed E-state index contributed by atoms with van der Waals surface area (Å²) in [4.78, 5) is 5.70. The summed E-state index contributed by atoms with van der Waals surface area (Å²) in [7, 11) is 2.04. The van der Waals surface area contributed by atoms with Gasteiger partial charge in [0.15, 0.2) is 0 Å². The molecule has 0 aromatic carbocycles. The Morgan fingerprint density at radius 1 is 1.35 bits per heavy atom. The lowest BCUT2D eigenvalue weighted by molar-refractivity contribution is 0.514. The average molecular weight is 293 g/mol. The second kappa shape index (κ2) is 7.50. The van der Waals surface area contributed by atoms with Gasteiger partial charge in [0.1, 0.15) is 5.82 Å². The highest BCUT2D eigenvalue weighted by Gasteiger charge is 2.20. The Balaban J connectivity index is 2.18. The number of nitrogens with one attached hydrogen (secondary N) is 1. The Morgan fingerprint density at radius 2 is 2.20 bits per heavy atom. The Kier molecular flexibility index (Phi) is 5.67. The highest BCUT2D eigenvalue weighted by atomic mass is 32.1. The van der Waals surface area contributed by atoms with Gasteiger partial charge in [-0.1, -0.05) is 24.8 Å². The van der Waals surface area contributed by atoms with E-state index in [0.717, 1.165) is 43.7 Å². The monoisotopic (exact) mass is 293 g/mol. The van der Waals surface area contributed by atoms with Crippen molar-refractivity contribution >= 4 is 11.5 Å². The van der Waals surface area contributed by atoms with E-state index < -0.39 is 0 Å². The zero-order valence-electron chi connectivity index (χ0n) is 12.5. The number of hydrogen-bond acceptors (Lipinski definition) is 5. The van der Waals surface area contributed by atoms with Crippen LogP contribution in [0.4, 0.5) is 0 Å². The summed E-state index contributed by atoms with van der Waals surface area (Å²) in [6, 6.07) is 0.262. The van der Waals surface area contributed by atoms with Crippen molar-refractivity contribution in [2.45, 2.75) is 45.6 Å². The van der Waals surface area contributed by atoms with Crippen LogP contribution in [0.2, 0.25) is 0 Å². The molecule has 0 spiro atoms. The second-order valence-corrected chi connectivity index (χ2v) is 5.78. The van der Waals surface area contributed by atoms with E-state index in [2.05, 4.69) is 38.3 Å². The average Bonchev–Trinajstić information content (AvgIpc) is 3.05. The van der Waals surface area contributed by atoms with Gasteiger partial charge in [-0.2, -0.15) is 0 Å². The number of rotatable bonds is 8. The fourth-order valence-electron chi connectivity index (χ4n) is 2.24. The van der Waals surface area contributed by atoms with Gasteiger partial charge in [0.25, 0.3) is 0 Å². The van der Waals surface area contributed by atoms with Crippen molar-refractivity contribution in [1.29, 1.82) is 0 Å². The molecule has 0 aliphatic carbocycles. The summed E-state index contributed by atoms with van der Waals surface area (Å²) in [5.74, 6) is 1.09. The molecule has 0 saturated heterocycles. The van der Waals surface area contributed by atoms with Gasteiger partial charge in [-0.3, -0.25) is 0 Å². The SMILES string of the molecule is CCCNC(Cc1nccn1C)c1snnc1CCC. The van der Waals surface area contributed by atoms with Crippen LogP contribution in [0, 0.1) is 0 Å². The van der Waals surface area contributed by atoms with Crippen LogP contribution >= 0.6 is 11.5 Å². The fraction of sp³-hybridized carbons (Fsp3) is 0.643. The molecule has 1 atom stereocenters. The lowest BCUT2D eigenvalue weighted by atomic mass is 10.1. The van der Waals surface area contributed by atoms with Crippen LogP contribution in [0.25, 0.3) is 0 Å². The predicted octanol–water partition coefficient (Wildman–Crippen LogP) is 2.51. The normalized spacial score (nSPS) is 12.8. The van der Waals surface area contributed by atoms with Gasteiger partial charge in [-0.15, -0.1) is 5.10 Å². The third-order valence-corrected chi connectivity index (χ3v) is 4.22. The summed E-state index contributed by atoms with van der Waals surface area (Å²) in [6.45, 7) is 5.36. The molecular formula is C14H23N5S. The third-order valence-electron chi connectivity index (χ3n) is 3.34. The molecule has 2 heterocycles. The highest BCUT2D eigenvalue weighted by Crippen LogP contribution is 2.24. The number of imidazole rings is 1. The molecule has 6 heteroatoms. The molecular weight excluding hydrogens is 270 g/mol. The zero-order chi connectivity index (χ0) is 14.4. The molecule has 0 radical (unpaired) electrons. The summed E-state index contributed by atoms with van der Waals surface area (Å²) >= 11 is 1.52. The van der Waals surface area contributed by atoms with E-state index in [1.165, 1.54) is 16.4 Å². The molecule has 0 bridgehead atoms. The van der Waals surface area contributed by atoms with Crippen LogP contribution in [-0.2, 0) is 19.9 Å². The van der Waals surface area contributed by atoms with Gasteiger partial charge < -0.3 is 9.88 Å². The molecule has 0 saturated carbocycles. The lowest BCUT2D eigenvalue weighted by Crippen LogP contribution is -2.25. The van der Waals surface area contributed by atoms with Crippen LogP contribution in [-0.4, -0.2) is 25.7 Å². The van der Waals surface area contributed by atoms with Crippen molar-refractivity contribution < 1.29 is 0 Å². The molecule has 0 aliphatic heterocycles. The zero-order valence-corrected chi connectivity index (χ0v) is 13.3. The van der Waals surface area contributed by atoms with Gasteiger partial charge in [0.2, 0.25) is 0 Å². The molecule has 2 aromatic rings. The second-order valence-electron chi connectivity index (χ2n) is 5.00. The minimum absolute atomic E-state index is 0.262. The third kappa shape index (κ3) is 3.64. The van der Waals surface area contributed by atoms with Crippen molar-refractivity contribution in [3.8, 4) is 0 Å². The van der Waals surface area contributed by atoms with Gasteiger partial charge in [0, 0.05) is 25.9 Å². The molecule has 1 unspecified atom stereocenters. The minimum atomic E-state index is 0.262. The molecule has 20 heavy (non-hydrogen) atoms. The first kappa shape index (κ1) is 15.1. The first-order valence-corrected chi connectivity index (χ1v) is 8.04. The molecule has 1 N–H and O–H groups in total. The van der Waals surface area contributed by atoms with Gasteiger partial charge >= 0.3 is 0 Å². The maximum atomic E-state index is 4.44. The van der Waals surface area contributed by atoms with Crippen LogP contribution in [0.3, 0.4) is 0 Å². The maximum absolute atomic E-state index is 4.44. The van der Waals surface area contributed by atoms with E-state index >= 15 is 0 Å². The lowest BCUT2D eigenvalue weighted by Gasteiger charge is -2.17. The van der Waals surface area contributed by atoms with E-state index in [0.29, 0.717) is 0 Å². The summed E-state index contributed by atoms with van der Waals surface area (Å²) in [5.41, 5.74) is 1.14. The summed E-state index contributed by atoms with van der Waals surface area (Å²) in [5, 5.41) is 7.90. The van der Waals surface area contributed by atoms with Crippen molar-refractivity contribution in [2.75, 3.05) is 6.54 Å². The minimum Gasteiger partial charge on any atom is -0.338 e. The quantitative estimate of drug-likeness (QED) is 0.812. The predicted molar refractivity (Wildman–Crippen MR) is 81.9 cm³/mol. The van der Waals surface area contributed by atoms with E-state index in [1.807, 2.05) is 19.4 Å². The number of hydrogen-bond donors (Lipinski definition) is 1. The molecule has 2 aromatic heterocycles. The van der Waals surface area contributed by atoms with E-state index in [9.17, 15) is 0 Å². The van der Waals surface area contributed by atoms with Gasteiger partial charge in [0.05, 0.1) is 16.6 Å². The number of aromatic nitrogens is 4. The summed E-state index contributed by atoms with van der Waals surface area (Å²) < 4.78 is 6.22. The summed E-state index contributed by atoms with van der Waals surface area (Å²) in [6.07, 6.45) is 7.93. The number of aryl methyl sites for hydroxylation is 2. The first-order valence-electron chi connectivity index (χ1n) is 7.26. The Morgan fingerprint density at radius 3 is 2.85 bits per heavy atom. The van der Waals surface area contributed by atoms with Crippen molar-refractivity contribution in [3.05, 3.63) is 28.8 Å². The van der Waals surface area contributed by atoms with Crippen molar-refractivity contribution in [1.82, 2.24) is 24.5 Å². The molecule has 0 amide bonds. The number of nitrogens with zero attached hydrogens (tertiary/aromatic N) is 4. The largest absolute Gasteiger partial charge is 0.338 e. The van der Waals surface area contributed by atoms with Gasteiger partial charge in [-0.05, 0) is 30.9 Å². The molecule has 0 aliphatic rings. The van der Waals surface area contributed by atoms with Crippen LogP contribution in [0.5, 0.6) is 0 Å². The van der Waals surface area contributed by atoms with E-state index in [1.54, 1.807) is 0 Å². The fourth-order valence-corrected chi connectivity index (χ4v) is 3.01. The van der Waals surface area contributed by atoms with Crippen LogP contribution in [0.15, 0.2) is 12.4 Å². The molecule has 110 valence electrons. The molecule has 5 nitrogen and oxygen atoms in total. The van der Waals surface area contributed by atoms with Crippen LogP contribution < -0.4 is 5.32 Å². The topological polar surface area (TPSA) is 55.6 Å². The highest BCUT2D eigenvalue weighted by molar-refractivity contribution is 7.05.